The van der Waals surface area contributed by atoms with E-state index in [0.29, 0.717) is 31.9 Å². The third-order valence-electron chi connectivity index (χ3n) is 5.99. The smallest absolute Gasteiger partial charge is 0.255 e. The highest BCUT2D eigenvalue weighted by Crippen LogP contribution is 2.32. The van der Waals surface area contributed by atoms with E-state index in [-0.39, 0.29) is 11.5 Å². The van der Waals surface area contributed by atoms with Gasteiger partial charge < -0.3 is 15.2 Å². The third-order valence-corrected chi connectivity index (χ3v) is 5.99. The van der Waals surface area contributed by atoms with E-state index in [1.807, 2.05) is 25.2 Å². The minimum atomic E-state index is -0.577. The Bertz CT molecular complexity index is 910. The molecule has 0 saturated carbocycles. The number of aliphatic hydroxyl groups excluding tert-OH is 1. The van der Waals surface area contributed by atoms with E-state index in [1.165, 1.54) is 23.8 Å². The fourth-order valence-corrected chi connectivity index (χ4v) is 4.62. The van der Waals surface area contributed by atoms with E-state index >= 15 is 0 Å². The zero-order chi connectivity index (χ0) is 21.8. The molecule has 4 rings (SSSR count). The van der Waals surface area contributed by atoms with Gasteiger partial charge in [-0.1, -0.05) is 30.3 Å². The first-order chi connectivity index (χ1) is 14.9. The van der Waals surface area contributed by atoms with Crippen molar-refractivity contribution < 1.29 is 19.0 Å². The molecule has 2 aliphatic rings. The molecule has 1 amide bonds. The van der Waals surface area contributed by atoms with Crippen LogP contribution in [0.2, 0.25) is 0 Å². The highest BCUT2D eigenvalue weighted by Gasteiger charge is 2.41. The Labute approximate surface area is 182 Å². The second-order valence-corrected chi connectivity index (χ2v) is 8.78. The van der Waals surface area contributed by atoms with E-state index < -0.39 is 17.5 Å². The minimum Gasteiger partial charge on any atom is -0.483 e. The lowest BCUT2D eigenvalue weighted by molar-refractivity contribution is -0.0214. The maximum absolute atomic E-state index is 13.6. The van der Waals surface area contributed by atoms with Crippen molar-refractivity contribution in [3.63, 3.8) is 0 Å². The molecule has 2 atom stereocenters. The van der Waals surface area contributed by atoms with Gasteiger partial charge in [0.15, 0.2) is 0 Å². The van der Waals surface area contributed by atoms with Gasteiger partial charge in [0.2, 0.25) is 0 Å². The van der Waals surface area contributed by atoms with Crippen molar-refractivity contribution in [3.8, 4) is 5.75 Å². The number of nitrogens with zero attached hydrogens (tertiary/aromatic N) is 2. The van der Waals surface area contributed by atoms with E-state index in [9.17, 15) is 14.3 Å². The lowest BCUT2D eigenvalue weighted by atomic mass is 9.92. The van der Waals surface area contributed by atoms with Gasteiger partial charge in [0.05, 0.1) is 18.2 Å². The predicted octanol–water partition coefficient (Wildman–Crippen LogP) is 2.28. The second-order valence-electron chi connectivity index (χ2n) is 8.78. The SMILES string of the molecule is CN(Cc1ccccc1)C[C@@H](O)CN1CCC[C@@]2(CNC(=O)c3cc(F)ccc3O2)C1. The first kappa shape index (κ1) is 21.7. The molecule has 2 aromatic carbocycles. The molecule has 2 N–H and O–H groups in total. The van der Waals surface area contributed by atoms with Crippen LogP contribution in [0.25, 0.3) is 0 Å². The minimum absolute atomic E-state index is 0.233. The van der Waals surface area contributed by atoms with E-state index in [0.717, 1.165) is 25.9 Å². The molecule has 166 valence electrons. The number of carbonyl (C=O) groups is 1. The molecule has 1 fully saturated rings. The third kappa shape index (κ3) is 5.42. The maximum Gasteiger partial charge on any atom is 0.255 e. The van der Waals surface area contributed by atoms with Crippen molar-refractivity contribution in [2.75, 3.05) is 39.8 Å². The summed E-state index contributed by atoms with van der Waals surface area (Å²) in [6.45, 7) is 3.72. The zero-order valence-electron chi connectivity index (χ0n) is 17.9. The molecule has 0 aromatic heterocycles. The quantitative estimate of drug-likeness (QED) is 0.741. The average Bonchev–Trinajstić information content (AvgIpc) is 2.86. The normalized spacial score (nSPS) is 22.5. The maximum atomic E-state index is 13.6. The van der Waals surface area contributed by atoms with Gasteiger partial charge >= 0.3 is 0 Å². The predicted molar refractivity (Wildman–Crippen MR) is 117 cm³/mol. The number of benzene rings is 2. The van der Waals surface area contributed by atoms with Gasteiger partial charge in [-0.05, 0) is 50.2 Å². The Morgan fingerprint density at radius 1 is 1.29 bits per heavy atom. The van der Waals surface area contributed by atoms with Gasteiger partial charge in [-0.25, -0.2) is 4.39 Å². The van der Waals surface area contributed by atoms with Gasteiger partial charge in [0, 0.05) is 26.2 Å². The molecule has 0 aliphatic carbocycles. The second kappa shape index (κ2) is 9.34. The molecule has 0 bridgehead atoms. The van der Waals surface area contributed by atoms with Crippen molar-refractivity contribution in [2.45, 2.75) is 31.1 Å². The summed E-state index contributed by atoms with van der Waals surface area (Å²) in [5.74, 6) is -0.353. The highest BCUT2D eigenvalue weighted by atomic mass is 19.1. The molecule has 6 nitrogen and oxygen atoms in total. The molecular weight excluding hydrogens is 397 g/mol. The van der Waals surface area contributed by atoms with Crippen molar-refractivity contribution in [3.05, 3.63) is 65.5 Å². The topological polar surface area (TPSA) is 65.0 Å². The summed E-state index contributed by atoms with van der Waals surface area (Å²) in [6, 6.07) is 14.3. The zero-order valence-corrected chi connectivity index (χ0v) is 17.9. The van der Waals surface area contributed by atoms with Crippen LogP contribution in [-0.4, -0.2) is 72.3 Å². The van der Waals surface area contributed by atoms with Crippen LogP contribution in [0.4, 0.5) is 4.39 Å². The highest BCUT2D eigenvalue weighted by molar-refractivity contribution is 5.97. The number of fused-ring (bicyclic) bond motifs is 1. The number of likely N-dealkylation sites (tertiary alicyclic amines) is 1. The molecule has 7 heteroatoms. The molecule has 2 aromatic rings. The number of β-amino-alcohol motifs (C(OH)–C–C–N with tert-alkyl or cyclic N) is 1. The van der Waals surface area contributed by atoms with Gasteiger partial charge in [-0.2, -0.15) is 0 Å². The molecule has 0 radical (unpaired) electrons. The van der Waals surface area contributed by atoms with Crippen LogP contribution in [0.15, 0.2) is 48.5 Å². The van der Waals surface area contributed by atoms with Crippen molar-refractivity contribution in [1.29, 1.82) is 0 Å². The summed E-state index contributed by atoms with van der Waals surface area (Å²) >= 11 is 0. The molecule has 2 heterocycles. The van der Waals surface area contributed by atoms with Crippen molar-refractivity contribution in [2.24, 2.45) is 0 Å². The van der Waals surface area contributed by atoms with E-state index in [4.69, 9.17) is 4.74 Å². The Hall–Kier alpha value is -2.48. The van der Waals surface area contributed by atoms with Gasteiger partial charge in [-0.15, -0.1) is 0 Å². The van der Waals surface area contributed by atoms with Crippen LogP contribution in [0.1, 0.15) is 28.8 Å². The summed E-state index contributed by atoms with van der Waals surface area (Å²) < 4.78 is 19.9. The number of hydrogen-bond donors (Lipinski definition) is 2. The molecule has 31 heavy (non-hydrogen) atoms. The average molecular weight is 428 g/mol. The first-order valence-electron chi connectivity index (χ1n) is 10.8. The number of ether oxygens (including phenoxy) is 1. The largest absolute Gasteiger partial charge is 0.483 e. The number of halogens is 1. The number of nitrogens with one attached hydrogen (secondary N) is 1. The number of likely N-dealkylation sites (N-methyl/N-ethyl adjacent to an activating group) is 1. The molecule has 0 unspecified atom stereocenters. The molecule has 1 saturated heterocycles. The fraction of sp³-hybridized carbons (Fsp3) is 0.458. The summed E-state index contributed by atoms with van der Waals surface area (Å²) in [4.78, 5) is 16.7. The van der Waals surface area contributed by atoms with Crippen LogP contribution in [0, 0.1) is 5.82 Å². The molecular formula is C24H30FN3O3. The Kier molecular flexibility index (Phi) is 6.55. The van der Waals surface area contributed by atoms with Gasteiger partial charge in [0.1, 0.15) is 17.2 Å². The van der Waals surface area contributed by atoms with Crippen molar-refractivity contribution >= 4 is 5.91 Å². The number of carbonyl (C=O) groups excluding carboxylic acids is 1. The number of hydrogen-bond acceptors (Lipinski definition) is 5. The number of piperidine rings is 1. The first-order valence-corrected chi connectivity index (χ1v) is 10.8. The summed E-state index contributed by atoms with van der Waals surface area (Å²) in [5, 5.41) is 13.6. The van der Waals surface area contributed by atoms with Crippen LogP contribution in [0.3, 0.4) is 0 Å². The Morgan fingerprint density at radius 3 is 2.90 bits per heavy atom. The van der Waals surface area contributed by atoms with Gasteiger partial charge in [-0.3, -0.25) is 14.6 Å². The summed E-state index contributed by atoms with van der Waals surface area (Å²) in [7, 11) is 2.01. The van der Waals surface area contributed by atoms with Crippen molar-refractivity contribution in [1.82, 2.24) is 15.1 Å². The number of aliphatic hydroxyl groups is 1. The standard InChI is InChI=1S/C24H30FN3O3/c1-27(13-18-6-3-2-4-7-18)14-20(29)15-28-11-5-10-24(17-28)16-26-23(30)21-12-19(25)8-9-22(21)31-24/h2-4,6-9,12,20,29H,5,10-11,13-17H2,1H3,(H,26,30)/t20-,24-/m1/s1. The van der Waals surface area contributed by atoms with Crippen LogP contribution < -0.4 is 10.1 Å². The van der Waals surface area contributed by atoms with Gasteiger partial charge in [0.25, 0.3) is 5.91 Å². The van der Waals surface area contributed by atoms with Crippen LogP contribution in [-0.2, 0) is 6.54 Å². The molecule has 2 aliphatic heterocycles. The Morgan fingerprint density at radius 2 is 2.10 bits per heavy atom. The fourth-order valence-electron chi connectivity index (χ4n) is 4.62. The monoisotopic (exact) mass is 427 g/mol. The van der Waals surface area contributed by atoms with E-state index in [2.05, 4.69) is 27.2 Å². The van der Waals surface area contributed by atoms with Crippen LogP contribution >= 0.6 is 0 Å². The van der Waals surface area contributed by atoms with E-state index in [1.54, 1.807) is 0 Å². The van der Waals surface area contributed by atoms with Crippen LogP contribution in [0.5, 0.6) is 5.75 Å². The summed E-state index contributed by atoms with van der Waals surface area (Å²) in [6.07, 6.45) is 1.20. The number of rotatable bonds is 6. The lowest BCUT2D eigenvalue weighted by Gasteiger charge is -2.42. The Balaban J connectivity index is 1.37. The molecule has 1 spiro atoms. The summed E-state index contributed by atoms with van der Waals surface area (Å²) in [5.41, 5.74) is 0.871. The lowest BCUT2D eigenvalue weighted by Crippen LogP contribution is -2.58. The number of amides is 1.